The van der Waals surface area contributed by atoms with E-state index in [0.29, 0.717) is 29.9 Å². The summed E-state index contributed by atoms with van der Waals surface area (Å²) in [6.45, 7) is 0.402. The van der Waals surface area contributed by atoms with Crippen molar-refractivity contribution in [2.45, 2.75) is 13.0 Å². The van der Waals surface area contributed by atoms with Gasteiger partial charge in [-0.3, -0.25) is 9.59 Å². The number of anilines is 2. The fourth-order valence-corrected chi connectivity index (χ4v) is 3.49. The number of hydrogen-bond acceptors (Lipinski definition) is 3. The van der Waals surface area contributed by atoms with Crippen molar-refractivity contribution in [1.29, 1.82) is 0 Å². The van der Waals surface area contributed by atoms with Gasteiger partial charge < -0.3 is 16.4 Å². The van der Waals surface area contributed by atoms with Gasteiger partial charge in [0.1, 0.15) is 0 Å². The van der Waals surface area contributed by atoms with Gasteiger partial charge in [-0.1, -0.05) is 78.9 Å². The molecule has 0 aliphatic carbocycles. The molecule has 0 saturated heterocycles. The lowest BCUT2D eigenvalue weighted by Crippen LogP contribution is -2.24. The first-order chi connectivity index (χ1) is 16.1. The molecular formula is C28H25N3O2. The first-order valence-corrected chi connectivity index (χ1v) is 10.7. The minimum absolute atomic E-state index is 0.0446. The molecule has 0 aromatic heterocycles. The highest BCUT2D eigenvalue weighted by Crippen LogP contribution is 2.27. The standard InChI is InChI=1S/C28H25N3O2/c29-25-16-15-24(22-9-5-2-6-10-22)18-26(25)31-28(33)23-13-11-21(12-14-23)19-30-27(32)17-20-7-3-1-4-8-20/h1-16,18H,17,19,29H2,(H,30,32)(H,31,33). The molecule has 5 heteroatoms. The Hall–Kier alpha value is -4.38. The molecular weight excluding hydrogens is 410 g/mol. The van der Waals surface area contributed by atoms with Crippen LogP contribution < -0.4 is 16.4 Å². The van der Waals surface area contributed by atoms with E-state index in [-0.39, 0.29) is 11.8 Å². The number of carbonyl (C=O) groups is 2. The number of nitrogens with two attached hydrogens (primary N) is 1. The fourth-order valence-electron chi connectivity index (χ4n) is 3.49. The molecule has 2 amide bonds. The fraction of sp³-hybridized carbons (Fsp3) is 0.0714. The number of amides is 2. The van der Waals surface area contributed by atoms with Gasteiger partial charge in [-0.25, -0.2) is 0 Å². The summed E-state index contributed by atoms with van der Waals surface area (Å²) < 4.78 is 0. The van der Waals surface area contributed by atoms with Gasteiger partial charge in [0, 0.05) is 12.1 Å². The number of benzene rings is 4. The molecule has 33 heavy (non-hydrogen) atoms. The molecule has 0 heterocycles. The van der Waals surface area contributed by atoms with Crippen molar-refractivity contribution in [2.24, 2.45) is 0 Å². The van der Waals surface area contributed by atoms with Crippen molar-refractivity contribution < 1.29 is 9.59 Å². The van der Waals surface area contributed by atoms with Gasteiger partial charge in [-0.15, -0.1) is 0 Å². The molecule has 4 aromatic carbocycles. The second-order valence-electron chi connectivity index (χ2n) is 7.76. The molecule has 164 valence electrons. The molecule has 4 N–H and O–H groups in total. The Morgan fingerprint density at radius 2 is 1.36 bits per heavy atom. The van der Waals surface area contributed by atoms with Crippen LogP contribution in [0.4, 0.5) is 11.4 Å². The summed E-state index contributed by atoms with van der Waals surface area (Å²) in [5.41, 5.74) is 11.6. The third kappa shape index (κ3) is 5.86. The van der Waals surface area contributed by atoms with Crippen LogP contribution in [0, 0.1) is 0 Å². The normalized spacial score (nSPS) is 10.4. The van der Waals surface area contributed by atoms with E-state index in [9.17, 15) is 9.59 Å². The molecule has 5 nitrogen and oxygen atoms in total. The van der Waals surface area contributed by atoms with Crippen molar-refractivity contribution in [1.82, 2.24) is 5.32 Å². The van der Waals surface area contributed by atoms with Gasteiger partial charge >= 0.3 is 0 Å². The first-order valence-electron chi connectivity index (χ1n) is 10.7. The second-order valence-corrected chi connectivity index (χ2v) is 7.76. The van der Waals surface area contributed by atoms with Gasteiger partial charge in [0.15, 0.2) is 0 Å². The molecule has 0 bridgehead atoms. The van der Waals surface area contributed by atoms with Crippen LogP contribution in [0.5, 0.6) is 0 Å². The predicted octanol–water partition coefficient (Wildman–Crippen LogP) is 5.05. The molecule has 0 aliphatic heterocycles. The minimum atomic E-state index is -0.244. The Labute approximate surface area is 193 Å². The summed E-state index contributed by atoms with van der Waals surface area (Å²) in [5, 5.41) is 5.81. The quantitative estimate of drug-likeness (QED) is 0.355. The third-order valence-electron chi connectivity index (χ3n) is 5.32. The minimum Gasteiger partial charge on any atom is -0.397 e. The molecule has 0 spiro atoms. The highest BCUT2D eigenvalue weighted by atomic mass is 16.2. The van der Waals surface area contributed by atoms with Crippen molar-refractivity contribution in [3.63, 3.8) is 0 Å². The Balaban J connectivity index is 1.36. The third-order valence-corrected chi connectivity index (χ3v) is 5.32. The van der Waals surface area contributed by atoms with Crippen LogP contribution in [0.25, 0.3) is 11.1 Å². The number of nitrogen functional groups attached to an aromatic ring is 1. The number of carbonyl (C=O) groups excluding carboxylic acids is 2. The van der Waals surface area contributed by atoms with Crippen molar-refractivity contribution in [2.75, 3.05) is 11.1 Å². The van der Waals surface area contributed by atoms with E-state index in [1.54, 1.807) is 18.2 Å². The monoisotopic (exact) mass is 435 g/mol. The number of hydrogen-bond donors (Lipinski definition) is 3. The molecule has 4 aromatic rings. The van der Waals surface area contributed by atoms with Crippen LogP contribution in [0.3, 0.4) is 0 Å². The van der Waals surface area contributed by atoms with Crippen LogP contribution in [-0.2, 0) is 17.8 Å². The van der Waals surface area contributed by atoms with Crippen LogP contribution in [0.15, 0.2) is 103 Å². The zero-order valence-electron chi connectivity index (χ0n) is 18.1. The molecule has 0 aliphatic rings. The smallest absolute Gasteiger partial charge is 0.255 e. The molecule has 0 radical (unpaired) electrons. The van der Waals surface area contributed by atoms with Crippen LogP contribution >= 0.6 is 0 Å². The van der Waals surface area contributed by atoms with Gasteiger partial charge in [-0.2, -0.15) is 0 Å². The summed E-state index contributed by atoms with van der Waals surface area (Å²) in [6.07, 6.45) is 0.338. The maximum Gasteiger partial charge on any atom is 0.255 e. The van der Waals surface area contributed by atoms with Gasteiger partial charge in [0.05, 0.1) is 17.8 Å². The Morgan fingerprint density at radius 3 is 2.06 bits per heavy atom. The average molecular weight is 436 g/mol. The SMILES string of the molecule is Nc1ccc(-c2ccccc2)cc1NC(=O)c1ccc(CNC(=O)Cc2ccccc2)cc1. The lowest BCUT2D eigenvalue weighted by Gasteiger charge is -2.11. The van der Waals surface area contributed by atoms with Crippen molar-refractivity contribution >= 4 is 23.2 Å². The first kappa shape index (κ1) is 21.8. The number of rotatable bonds is 7. The summed E-state index contributed by atoms with van der Waals surface area (Å²) >= 11 is 0. The summed E-state index contributed by atoms with van der Waals surface area (Å²) in [6, 6.07) is 32.3. The predicted molar refractivity (Wildman–Crippen MR) is 133 cm³/mol. The lowest BCUT2D eigenvalue weighted by atomic mass is 10.0. The summed E-state index contributed by atoms with van der Waals surface area (Å²) in [4.78, 5) is 24.9. The summed E-state index contributed by atoms with van der Waals surface area (Å²) in [7, 11) is 0. The Bertz CT molecular complexity index is 1240. The van der Waals surface area contributed by atoms with Gasteiger partial charge in [0.2, 0.25) is 5.91 Å². The van der Waals surface area contributed by atoms with E-state index in [1.165, 1.54) is 0 Å². The average Bonchev–Trinajstić information content (AvgIpc) is 2.85. The molecule has 0 saturated carbocycles. The lowest BCUT2D eigenvalue weighted by molar-refractivity contribution is -0.120. The van der Waals surface area contributed by atoms with Crippen LogP contribution in [-0.4, -0.2) is 11.8 Å². The Kier molecular flexibility index (Phi) is 6.81. The zero-order valence-corrected chi connectivity index (χ0v) is 18.1. The number of nitrogens with one attached hydrogen (secondary N) is 2. The zero-order chi connectivity index (χ0) is 23.0. The van der Waals surface area contributed by atoms with Gasteiger partial charge in [-0.05, 0) is 46.5 Å². The van der Waals surface area contributed by atoms with E-state index in [0.717, 1.165) is 22.3 Å². The highest BCUT2D eigenvalue weighted by Gasteiger charge is 2.10. The topological polar surface area (TPSA) is 84.2 Å². The highest BCUT2D eigenvalue weighted by molar-refractivity contribution is 6.06. The van der Waals surface area contributed by atoms with E-state index in [2.05, 4.69) is 10.6 Å². The van der Waals surface area contributed by atoms with E-state index in [4.69, 9.17) is 5.73 Å². The largest absolute Gasteiger partial charge is 0.397 e. The maximum atomic E-state index is 12.8. The molecule has 0 unspecified atom stereocenters. The molecule has 0 atom stereocenters. The van der Waals surface area contributed by atoms with Crippen LogP contribution in [0.1, 0.15) is 21.5 Å². The Morgan fingerprint density at radius 1 is 0.697 bits per heavy atom. The van der Waals surface area contributed by atoms with E-state index < -0.39 is 0 Å². The van der Waals surface area contributed by atoms with Gasteiger partial charge in [0.25, 0.3) is 5.91 Å². The maximum absolute atomic E-state index is 12.8. The van der Waals surface area contributed by atoms with E-state index >= 15 is 0 Å². The second kappa shape index (κ2) is 10.3. The van der Waals surface area contributed by atoms with E-state index in [1.807, 2.05) is 84.9 Å². The molecule has 4 rings (SSSR count). The summed E-state index contributed by atoms with van der Waals surface area (Å²) in [5.74, 6) is -0.289. The van der Waals surface area contributed by atoms with Crippen molar-refractivity contribution in [3.05, 3.63) is 120 Å². The van der Waals surface area contributed by atoms with Crippen LogP contribution in [0.2, 0.25) is 0 Å². The molecule has 0 fully saturated rings. The van der Waals surface area contributed by atoms with Crippen molar-refractivity contribution in [3.8, 4) is 11.1 Å².